The molecule has 0 radical (unpaired) electrons. The Morgan fingerprint density at radius 2 is 2.45 bits per heavy atom. The lowest BCUT2D eigenvalue weighted by Crippen LogP contribution is -2.34. The molecule has 0 fully saturated rings. The molecule has 1 aromatic rings. The van der Waals surface area contributed by atoms with Crippen molar-refractivity contribution in [3.8, 4) is 0 Å². The van der Waals surface area contributed by atoms with Crippen LogP contribution in [0.4, 0.5) is 0 Å². The van der Waals surface area contributed by atoms with Gasteiger partial charge in [-0.3, -0.25) is 5.10 Å². The minimum Gasteiger partial charge on any atom is -0.325 e. The minimum absolute atomic E-state index is 0.155. The molecule has 0 atom stereocenters. The maximum absolute atomic E-state index is 5.77. The van der Waals surface area contributed by atoms with E-state index < -0.39 is 0 Å². The van der Waals surface area contributed by atoms with Gasteiger partial charge in [-0.15, -0.1) is 0 Å². The second kappa shape index (κ2) is 3.23. The molecule has 1 heterocycles. The van der Waals surface area contributed by atoms with E-state index in [9.17, 15) is 0 Å². The number of nitrogens with zero attached hydrogens (tertiary/aromatic N) is 2. The van der Waals surface area contributed by atoms with Crippen LogP contribution in [0.1, 0.15) is 13.8 Å². The first-order valence-electron chi connectivity index (χ1n) is 3.35. The van der Waals surface area contributed by atoms with Crippen molar-refractivity contribution in [3.05, 3.63) is 6.33 Å². The summed E-state index contributed by atoms with van der Waals surface area (Å²) in [5, 5.41) is 7.30. The van der Waals surface area contributed by atoms with E-state index in [1.165, 1.54) is 6.33 Å². The fourth-order valence-corrected chi connectivity index (χ4v) is 1.27. The lowest BCUT2D eigenvalue weighted by Gasteiger charge is -2.15. The van der Waals surface area contributed by atoms with Crippen LogP contribution in [0.5, 0.6) is 0 Å². The van der Waals surface area contributed by atoms with Crippen LogP contribution in [0.15, 0.2) is 11.5 Å². The lowest BCUT2D eigenvalue weighted by molar-refractivity contribution is 0.590. The molecule has 11 heavy (non-hydrogen) atoms. The molecule has 62 valence electrons. The normalized spacial score (nSPS) is 11.9. The number of nitrogens with one attached hydrogen (secondary N) is 1. The largest absolute Gasteiger partial charge is 0.325 e. The van der Waals surface area contributed by atoms with E-state index in [4.69, 9.17) is 5.73 Å². The van der Waals surface area contributed by atoms with E-state index in [2.05, 4.69) is 15.2 Å². The van der Waals surface area contributed by atoms with Crippen LogP contribution in [0.25, 0.3) is 0 Å². The van der Waals surface area contributed by atoms with Crippen LogP contribution >= 0.6 is 11.8 Å². The topological polar surface area (TPSA) is 67.6 Å². The van der Waals surface area contributed by atoms with Gasteiger partial charge < -0.3 is 5.73 Å². The zero-order valence-electron chi connectivity index (χ0n) is 6.66. The molecule has 0 aliphatic heterocycles. The fourth-order valence-electron chi connectivity index (χ4n) is 0.518. The third kappa shape index (κ3) is 3.38. The number of hydrogen-bond acceptors (Lipinski definition) is 4. The second-order valence-electron chi connectivity index (χ2n) is 3.07. The van der Waals surface area contributed by atoms with Gasteiger partial charge in [-0.25, -0.2) is 4.98 Å². The molecule has 0 spiro atoms. The van der Waals surface area contributed by atoms with Crippen LogP contribution in [-0.2, 0) is 0 Å². The Hall–Kier alpha value is -0.550. The zero-order chi connectivity index (χ0) is 8.32. The maximum atomic E-state index is 5.77. The van der Waals surface area contributed by atoms with Gasteiger partial charge in [0, 0.05) is 11.3 Å². The van der Waals surface area contributed by atoms with Gasteiger partial charge in [-0.2, -0.15) is 5.10 Å². The number of aromatic amines is 1. The fraction of sp³-hybridized carbons (Fsp3) is 0.667. The molecule has 1 aromatic heterocycles. The SMILES string of the molecule is CC(C)(N)CSc1ncn[nH]1. The minimum atomic E-state index is -0.155. The third-order valence-corrected chi connectivity index (χ3v) is 2.33. The number of thioether (sulfide) groups is 1. The Labute approximate surface area is 70.0 Å². The molecule has 0 aliphatic rings. The molecular formula is C6H12N4S. The number of aromatic nitrogens is 3. The van der Waals surface area contributed by atoms with Crippen molar-refractivity contribution in [1.29, 1.82) is 0 Å². The summed E-state index contributed by atoms with van der Waals surface area (Å²) in [7, 11) is 0. The van der Waals surface area contributed by atoms with Gasteiger partial charge in [-0.1, -0.05) is 11.8 Å². The predicted octanol–water partition coefficient (Wildman–Crippen LogP) is 0.634. The smallest absolute Gasteiger partial charge is 0.183 e. The number of hydrogen-bond donors (Lipinski definition) is 2. The summed E-state index contributed by atoms with van der Waals surface area (Å²) in [6, 6.07) is 0. The molecule has 0 saturated carbocycles. The molecule has 4 nitrogen and oxygen atoms in total. The molecule has 0 aromatic carbocycles. The van der Waals surface area contributed by atoms with Gasteiger partial charge in [0.2, 0.25) is 0 Å². The average molecular weight is 172 g/mol. The van der Waals surface area contributed by atoms with E-state index >= 15 is 0 Å². The molecular weight excluding hydrogens is 160 g/mol. The van der Waals surface area contributed by atoms with Gasteiger partial charge >= 0.3 is 0 Å². The monoisotopic (exact) mass is 172 g/mol. The molecule has 0 unspecified atom stereocenters. The second-order valence-corrected chi connectivity index (χ2v) is 4.03. The summed E-state index contributed by atoms with van der Waals surface area (Å²) in [5.41, 5.74) is 5.61. The highest BCUT2D eigenvalue weighted by atomic mass is 32.2. The van der Waals surface area contributed by atoms with Crippen molar-refractivity contribution < 1.29 is 0 Å². The zero-order valence-corrected chi connectivity index (χ0v) is 7.48. The summed E-state index contributed by atoms with van der Waals surface area (Å²) in [5.74, 6) is 0.836. The Bertz CT molecular complexity index is 201. The van der Waals surface area contributed by atoms with Crippen molar-refractivity contribution in [3.63, 3.8) is 0 Å². The average Bonchev–Trinajstić information content (AvgIpc) is 2.32. The van der Waals surface area contributed by atoms with Crippen molar-refractivity contribution in [2.24, 2.45) is 5.73 Å². The van der Waals surface area contributed by atoms with Crippen molar-refractivity contribution >= 4 is 11.8 Å². The van der Waals surface area contributed by atoms with Crippen LogP contribution < -0.4 is 5.73 Å². The Balaban J connectivity index is 2.35. The van der Waals surface area contributed by atoms with Gasteiger partial charge in [0.1, 0.15) is 6.33 Å². The Morgan fingerprint density at radius 3 is 2.91 bits per heavy atom. The van der Waals surface area contributed by atoms with E-state index in [0.717, 1.165) is 10.9 Å². The summed E-state index contributed by atoms with van der Waals surface area (Å²) < 4.78 is 0. The van der Waals surface area contributed by atoms with Gasteiger partial charge in [0.15, 0.2) is 5.16 Å². The number of H-pyrrole nitrogens is 1. The van der Waals surface area contributed by atoms with Crippen LogP contribution in [0.2, 0.25) is 0 Å². The third-order valence-electron chi connectivity index (χ3n) is 0.974. The van der Waals surface area contributed by atoms with Crippen molar-refractivity contribution in [2.45, 2.75) is 24.5 Å². The summed E-state index contributed by atoms with van der Waals surface area (Å²) in [6.07, 6.45) is 1.49. The van der Waals surface area contributed by atoms with E-state index in [0.29, 0.717) is 0 Å². The Kier molecular flexibility index (Phi) is 2.51. The highest BCUT2D eigenvalue weighted by molar-refractivity contribution is 7.99. The van der Waals surface area contributed by atoms with Gasteiger partial charge in [-0.05, 0) is 13.8 Å². The van der Waals surface area contributed by atoms with Crippen molar-refractivity contribution in [2.75, 3.05) is 5.75 Å². The molecule has 5 heteroatoms. The maximum Gasteiger partial charge on any atom is 0.183 e. The summed E-state index contributed by atoms with van der Waals surface area (Å²) >= 11 is 1.58. The standard InChI is InChI=1S/C6H12N4S/c1-6(2,7)3-11-5-8-4-9-10-5/h4H,3,7H2,1-2H3,(H,8,9,10). The van der Waals surface area contributed by atoms with Crippen LogP contribution in [-0.4, -0.2) is 26.5 Å². The molecule has 0 saturated heterocycles. The first kappa shape index (κ1) is 8.55. The van der Waals surface area contributed by atoms with Crippen LogP contribution in [0, 0.1) is 0 Å². The number of rotatable bonds is 3. The first-order valence-corrected chi connectivity index (χ1v) is 4.33. The molecule has 0 bridgehead atoms. The summed E-state index contributed by atoms with van der Waals surface area (Å²) in [6.45, 7) is 3.97. The predicted molar refractivity (Wildman–Crippen MR) is 45.4 cm³/mol. The molecule has 1 rings (SSSR count). The van der Waals surface area contributed by atoms with Gasteiger partial charge in [0.25, 0.3) is 0 Å². The Morgan fingerprint density at radius 1 is 1.73 bits per heavy atom. The summed E-state index contributed by atoms with van der Waals surface area (Å²) in [4.78, 5) is 3.96. The quantitative estimate of drug-likeness (QED) is 0.656. The molecule has 0 amide bonds. The highest BCUT2D eigenvalue weighted by Gasteiger charge is 2.11. The van der Waals surface area contributed by atoms with E-state index in [1.807, 2.05) is 13.8 Å². The van der Waals surface area contributed by atoms with Gasteiger partial charge in [0.05, 0.1) is 0 Å². The molecule has 3 N–H and O–H groups in total. The van der Waals surface area contributed by atoms with Crippen molar-refractivity contribution in [1.82, 2.24) is 15.2 Å². The van der Waals surface area contributed by atoms with E-state index in [-0.39, 0.29) is 5.54 Å². The van der Waals surface area contributed by atoms with E-state index in [1.54, 1.807) is 11.8 Å². The number of nitrogens with two attached hydrogens (primary N) is 1. The highest BCUT2D eigenvalue weighted by Crippen LogP contribution is 2.15. The first-order chi connectivity index (χ1) is 5.08. The lowest BCUT2D eigenvalue weighted by atomic mass is 10.1. The molecule has 0 aliphatic carbocycles. The van der Waals surface area contributed by atoms with Crippen LogP contribution in [0.3, 0.4) is 0 Å².